The Bertz CT molecular complexity index is 413. The molecule has 1 atom stereocenters. The van der Waals surface area contributed by atoms with Crippen LogP contribution in [0.3, 0.4) is 0 Å². The molecule has 0 aliphatic carbocycles. The van der Waals surface area contributed by atoms with Crippen LogP contribution in [0.2, 0.25) is 0 Å². The summed E-state index contributed by atoms with van der Waals surface area (Å²) < 4.78 is 23.0. The minimum absolute atomic E-state index is 0.134. The van der Waals surface area contributed by atoms with Gasteiger partial charge in [0.25, 0.3) is 0 Å². The number of carbonyl (C=O) groups is 1. The number of hydrogen-bond acceptors (Lipinski definition) is 4. The zero-order valence-corrected chi connectivity index (χ0v) is 14.0. The fourth-order valence-electron chi connectivity index (χ4n) is 2.85. The largest absolute Gasteiger partial charge is 0.298 e. The number of Topliss-reactive ketones (excluding diaryl/α,β-unsaturated/α-hetero) is 1. The van der Waals surface area contributed by atoms with Crippen LogP contribution >= 0.6 is 0 Å². The van der Waals surface area contributed by atoms with E-state index in [1.54, 1.807) is 6.92 Å². The quantitative estimate of drug-likeness (QED) is 0.691. The Labute approximate surface area is 123 Å². The molecule has 0 bridgehead atoms. The Morgan fingerprint density at radius 1 is 1.15 bits per heavy atom. The number of hydrogen-bond donors (Lipinski definition) is 0. The third-order valence-electron chi connectivity index (χ3n) is 4.64. The van der Waals surface area contributed by atoms with Crippen LogP contribution in [-0.4, -0.2) is 49.2 Å². The van der Waals surface area contributed by atoms with Crippen molar-refractivity contribution in [3.8, 4) is 0 Å². The van der Waals surface area contributed by atoms with Crippen LogP contribution in [0.25, 0.3) is 0 Å². The molecule has 0 spiro atoms. The van der Waals surface area contributed by atoms with Gasteiger partial charge in [-0.15, -0.1) is 0 Å². The highest BCUT2D eigenvalue weighted by Crippen LogP contribution is 2.26. The fourth-order valence-corrected chi connectivity index (χ4v) is 3.72. The van der Waals surface area contributed by atoms with Crippen LogP contribution < -0.4 is 0 Å². The Balaban J connectivity index is 2.57. The van der Waals surface area contributed by atoms with Crippen molar-refractivity contribution < 1.29 is 13.2 Å². The van der Waals surface area contributed by atoms with Gasteiger partial charge in [0, 0.05) is 12.2 Å². The molecule has 0 radical (unpaired) electrons. The molecule has 1 fully saturated rings. The van der Waals surface area contributed by atoms with Crippen molar-refractivity contribution in [1.29, 1.82) is 0 Å². The highest BCUT2D eigenvalue weighted by molar-refractivity contribution is 7.91. The number of carbonyl (C=O) groups excluding carboxylic acids is 1. The van der Waals surface area contributed by atoms with Gasteiger partial charge >= 0.3 is 0 Å². The molecule has 0 aromatic heterocycles. The Morgan fingerprint density at radius 2 is 1.75 bits per heavy atom. The van der Waals surface area contributed by atoms with Crippen molar-refractivity contribution in [3.63, 3.8) is 0 Å². The molecule has 5 heteroatoms. The SMILES string of the molecule is CCC(C)(C(=O)CCCS(=O)(=O)CC)N1CCCCC1. The van der Waals surface area contributed by atoms with Crippen LogP contribution in [0.15, 0.2) is 0 Å². The monoisotopic (exact) mass is 303 g/mol. The molecule has 118 valence electrons. The van der Waals surface area contributed by atoms with E-state index in [1.807, 2.05) is 6.92 Å². The standard InChI is InChI=1S/C15H29NO3S/c1-4-15(3,16-11-7-6-8-12-16)14(17)10-9-13-20(18,19)5-2/h4-13H2,1-3H3. The summed E-state index contributed by atoms with van der Waals surface area (Å²) in [7, 11) is -2.96. The van der Waals surface area contributed by atoms with Gasteiger partial charge in [-0.1, -0.05) is 20.3 Å². The Hall–Kier alpha value is -0.420. The third kappa shape index (κ3) is 4.55. The summed E-state index contributed by atoms with van der Waals surface area (Å²) in [6.45, 7) is 7.71. The van der Waals surface area contributed by atoms with E-state index in [0.29, 0.717) is 12.8 Å². The number of likely N-dealkylation sites (tertiary alicyclic amines) is 1. The zero-order chi connectivity index (χ0) is 15.2. The Kier molecular flexibility index (Phi) is 6.65. The summed E-state index contributed by atoms with van der Waals surface area (Å²) in [5, 5.41) is 0. The van der Waals surface area contributed by atoms with E-state index in [0.717, 1.165) is 32.4 Å². The lowest BCUT2D eigenvalue weighted by atomic mass is 9.87. The first-order valence-electron chi connectivity index (χ1n) is 7.84. The average Bonchev–Trinajstić information content (AvgIpc) is 2.47. The number of ketones is 1. The topological polar surface area (TPSA) is 54.5 Å². The summed E-state index contributed by atoms with van der Waals surface area (Å²) in [5.74, 6) is 0.501. The van der Waals surface area contributed by atoms with Crippen molar-refractivity contribution in [3.05, 3.63) is 0 Å². The highest BCUT2D eigenvalue weighted by atomic mass is 32.2. The molecule has 1 rings (SSSR count). The first-order valence-corrected chi connectivity index (χ1v) is 9.66. The van der Waals surface area contributed by atoms with E-state index in [4.69, 9.17) is 0 Å². The average molecular weight is 303 g/mol. The van der Waals surface area contributed by atoms with Crippen molar-refractivity contribution >= 4 is 15.6 Å². The Morgan fingerprint density at radius 3 is 2.25 bits per heavy atom. The van der Waals surface area contributed by atoms with Crippen molar-refractivity contribution in [2.45, 2.75) is 64.8 Å². The molecular weight excluding hydrogens is 274 g/mol. The number of piperidine rings is 1. The predicted octanol–water partition coefficient (Wildman–Crippen LogP) is 2.43. The van der Waals surface area contributed by atoms with Gasteiger partial charge in [-0.25, -0.2) is 8.42 Å². The second-order valence-corrected chi connectivity index (χ2v) is 8.41. The van der Waals surface area contributed by atoms with Crippen LogP contribution in [-0.2, 0) is 14.6 Å². The lowest BCUT2D eigenvalue weighted by Gasteiger charge is -2.42. The van der Waals surface area contributed by atoms with E-state index in [2.05, 4.69) is 11.8 Å². The molecular formula is C15H29NO3S. The molecule has 1 heterocycles. The van der Waals surface area contributed by atoms with Crippen molar-refractivity contribution in [2.24, 2.45) is 0 Å². The smallest absolute Gasteiger partial charge is 0.152 e. The molecule has 20 heavy (non-hydrogen) atoms. The third-order valence-corrected chi connectivity index (χ3v) is 6.43. The minimum Gasteiger partial charge on any atom is -0.298 e. The van der Waals surface area contributed by atoms with Gasteiger partial charge in [0.2, 0.25) is 0 Å². The minimum atomic E-state index is -2.96. The molecule has 0 aromatic carbocycles. The van der Waals surface area contributed by atoms with Gasteiger partial charge in [-0.2, -0.15) is 0 Å². The van der Waals surface area contributed by atoms with E-state index >= 15 is 0 Å². The van der Waals surface area contributed by atoms with Gasteiger partial charge in [0.05, 0.1) is 11.3 Å². The molecule has 1 aliphatic heterocycles. The second-order valence-electron chi connectivity index (χ2n) is 5.94. The summed E-state index contributed by atoms with van der Waals surface area (Å²) in [6, 6.07) is 0. The van der Waals surface area contributed by atoms with E-state index < -0.39 is 15.4 Å². The number of nitrogens with zero attached hydrogens (tertiary/aromatic N) is 1. The van der Waals surface area contributed by atoms with E-state index in [1.165, 1.54) is 6.42 Å². The molecule has 1 aliphatic rings. The van der Waals surface area contributed by atoms with Crippen molar-refractivity contribution in [1.82, 2.24) is 4.90 Å². The summed E-state index contributed by atoms with van der Waals surface area (Å²) in [4.78, 5) is 14.8. The lowest BCUT2D eigenvalue weighted by molar-refractivity contribution is -0.131. The van der Waals surface area contributed by atoms with Crippen LogP contribution in [0.4, 0.5) is 0 Å². The summed E-state index contributed by atoms with van der Waals surface area (Å²) >= 11 is 0. The van der Waals surface area contributed by atoms with Gasteiger partial charge in [0.1, 0.15) is 9.84 Å². The first kappa shape index (κ1) is 17.6. The predicted molar refractivity (Wildman–Crippen MR) is 82.7 cm³/mol. The second kappa shape index (κ2) is 7.55. The first-order chi connectivity index (χ1) is 9.35. The molecule has 0 aromatic rings. The maximum Gasteiger partial charge on any atom is 0.152 e. The molecule has 0 saturated carbocycles. The molecule has 4 nitrogen and oxygen atoms in total. The molecule has 0 N–H and O–H groups in total. The summed E-state index contributed by atoms with van der Waals surface area (Å²) in [5.41, 5.74) is -0.406. The van der Waals surface area contributed by atoms with Crippen LogP contribution in [0.1, 0.15) is 59.3 Å². The number of rotatable bonds is 8. The zero-order valence-electron chi connectivity index (χ0n) is 13.2. The maximum atomic E-state index is 12.5. The van der Waals surface area contributed by atoms with Gasteiger partial charge in [-0.3, -0.25) is 9.69 Å². The van der Waals surface area contributed by atoms with Crippen molar-refractivity contribution in [2.75, 3.05) is 24.6 Å². The maximum absolute atomic E-state index is 12.5. The van der Waals surface area contributed by atoms with Crippen LogP contribution in [0, 0.1) is 0 Å². The van der Waals surface area contributed by atoms with E-state index in [9.17, 15) is 13.2 Å². The normalized spacial score (nSPS) is 20.6. The van der Waals surface area contributed by atoms with Gasteiger partial charge < -0.3 is 0 Å². The lowest BCUT2D eigenvalue weighted by Crippen LogP contribution is -2.53. The molecule has 0 amide bonds. The summed E-state index contributed by atoms with van der Waals surface area (Å²) in [6.07, 6.45) is 5.20. The van der Waals surface area contributed by atoms with Gasteiger partial charge in [0.15, 0.2) is 5.78 Å². The highest BCUT2D eigenvalue weighted by Gasteiger charge is 2.37. The molecule has 1 saturated heterocycles. The fraction of sp³-hybridized carbons (Fsp3) is 0.933. The number of sulfone groups is 1. The molecule has 1 unspecified atom stereocenters. The van der Waals surface area contributed by atoms with Gasteiger partial charge in [-0.05, 0) is 45.7 Å². The van der Waals surface area contributed by atoms with E-state index in [-0.39, 0.29) is 17.3 Å². The van der Waals surface area contributed by atoms with Crippen LogP contribution in [0.5, 0.6) is 0 Å².